The molecule has 7 nitrogen and oxygen atoms in total. The highest BCUT2D eigenvalue weighted by molar-refractivity contribution is 8.77. The van der Waals surface area contributed by atoms with Gasteiger partial charge in [0.2, 0.25) is 17.7 Å². The van der Waals surface area contributed by atoms with Crippen LogP contribution >= 0.6 is 21.6 Å². The van der Waals surface area contributed by atoms with Crippen LogP contribution in [0.3, 0.4) is 0 Å². The molecule has 34 heavy (non-hydrogen) atoms. The quantitative estimate of drug-likeness (QED) is 0.150. The number of allylic oxidation sites excluding steroid dienone is 2. The van der Waals surface area contributed by atoms with E-state index >= 15 is 0 Å². The number of amides is 3. The Hall–Kier alpha value is -1.74. The van der Waals surface area contributed by atoms with Crippen LogP contribution in [-0.4, -0.2) is 46.1 Å². The third kappa shape index (κ3) is 14.5. The van der Waals surface area contributed by atoms with Gasteiger partial charge < -0.3 is 20.7 Å². The molecule has 0 saturated carbocycles. The molecule has 0 heterocycles. The zero-order valence-corrected chi connectivity index (χ0v) is 23.4. The maximum absolute atomic E-state index is 12.8. The summed E-state index contributed by atoms with van der Waals surface area (Å²) < 4.78 is -0.116. The molecule has 0 unspecified atom stereocenters. The smallest absolute Gasteiger partial charge is 0.246 e. The van der Waals surface area contributed by atoms with Crippen LogP contribution in [0, 0.1) is 5.92 Å². The summed E-state index contributed by atoms with van der Waals surface area (Å²) in [6, 6.07) is -1.49. The number of hydrogen-bond acceptors (Lipinski definition) is 6. The Morgan fingerprint density at radius 1 is 1.03 bits per heavy atom. The van der Waals surface area contributed by atoms with Crippen LogP contribution in [0.15, 0.2) is 24.4 Å². The van der Waals surface area contributed by atoms with Gasteiger partial charge in [-0.05, 0) is 59.0 Å². The molecular formula is C25H43N3O4S2. The number of hydrogen-bond donors (Lipinski definition) is 3. The van der Waals surface area contributed by atoms with E-state index in [2.05, 4.69) is 36.4 Å². The minimum absolute atomic E-state index is 0.116. The van der Waals surface area contributed by atoms with Crippen molar-refractivity contribution in [3.63, 3.8) is 0 Å². The molecule has 0 bridgehead atoms. The SMILES string of the molecule is C=C/C(=C\CC)NC(=O)[C@H](C)NC(=O)[C@@H](NC(=O)CCC(C)(C)SSCCCC(C)=O)C(C)C. The Bertz CT molecular complexity index is 736. The lowest BCUT2D eigenvalue weighted by molar-refractivity contribution is -0.132. The number of nitrogens with one attached hydrogen (secondary N) is 3. The van der Waals surface area contributed by atoms with Gasteiger partial charge in [-0.15, -0.1) is 0 Å². The third-order valence-corrected chi connectivity index (χ3v) is 8.36. The number of carbonyl (C=O) groups excluding carboxylic acids is 4. The first kappa shape index (κ1) is 32.3. The van der Waals surface area contributed by atoms with Crippen LogP contribution in [0.25, 0.3) is 0 Å². The molecule has 0 saturated heterocycles. The van der Waals surface area contributed by atoms with Gasteiger partial charge >= 0.3 is 0 Å². The molecule has 0 aromatic heterocycles. The molecule has 0 spiro atoms. The Morgan fingerprint density at radius 3 is 2.21 bits per heavy atom. The van der Waals surface area contributed by atoms with Gasteiger partial charge in [-0.3, -0.25) is 14.4 Å². The van der Waals surface area contributed by atoms with Crippen LogP contribution in [-0.2, 0) is 19.2 Å². The van der Waals surface area contributed by atoms with Gasteiger partial charge in [0.1, 0.15) is 17.9 Å². The number of rotatable bonds is 17. The molecule has 194 valence electrons. The third-order valence-electron chi connectivity index (χ3n) is 4.92. The summed E-state index contributed by atoms with van der Waals surface area (Å²) in [6.07, 6.45) is 6.54. The van der Waals surface area contributed by atoms with Crippen LogP contribution in [0.2, 0.25) is 0 Å². The summed E-state index contributed by atoms with van der Waals surface area (Å²) in [7, 11) is 3.43. The van der Waals surface area contributed by atoms with Gasteiger partial charge in [0.05, 0.1) is 0 Å². The average Bonchev–Trinajstić information content (AvgIpc) is 2.74. The summed E-state index contributed by atoms with van der Waals surface area (Å²) >= 11 is 0. The molecular weight excluding hydrogens is 470 g/mol. The lowest BCUT2D eigenvalue weighted by Crippen LogP contribution is -2.54. The van der Waals surface area contributed by atoms with E-state index in [-0.39, 0.29) is 34.2 Å². The molecule has 0 fully saturated rings. The standard InChI is InChI=1S/C25H43N3O4S2/c1-9-12-20(10-2)27-23(31)19(6)26-24(32)22(17(3)4)28-21(30)14-15-25(7,8)34-33-16-11-13-18(5)29/h10,12,17,19,22H,2,9,11,13-16H2,1,3-8H3,(H,26,32)(H,27,31)(H,28,30)/b20-12+/t19-,22-/m0/s1. The first-order valence-corrected chi connectivity index (χ1v) is 14.2. The van der Waals surface area contributed by atoms with Crippen molar-refractivity contribution in [3.05, 3.63) is 24.4 Å². The van der Waals surface area contributed by atoms with Gasteiger partial charge in [0.25, 0.3) is 0 Å². The van der Waals surface area contributed by atoms with E-state index in [1.54, 1.807) is 41.5 Å². The number of Topliss-reactive ketones (excluding diaryl/α,β-unsaturated/α-hetero) is 1. The van der Waals surface area contributed by atoms with E-state index in [1.807, 2.05) is 26.8 Å². The zero-order valence-electron chi connectivity index (χ0n) is 21.8. The highest BCUT2D eigenvalue weighted by atomic mass is 33.1. The molecule has 2 atom stereocenters. The van der Waals surface area contributed by atoms with Gasteiger partial charge in [0.15, 0.2) is 0 Å². The Labute approximate surface area is 213 Å². The summed E-state index contributed by atoms with van der Waals surface area (Å²) in [5.41, 5.74) is 0.597. The average molecular weight is 514 g/mol. The second-order valence-electron chi connectivity index (χ2n) is 9.25. The summed E-state index contributed by atoms with van der Waals surface area (Å²) in [6.45, 7) is 16.7. The largest absolute Gasteiger partial charge is 0.344 e. The van der Waals surface area contributed by atoms with Crippen molar-refractivity contribution in [2.24, 2.45) is 5.92 Å². The van der Waals surface area contributed by atoms with Crippen LogP contribution in [0.4, 0.5) is 0 Å². The molecule has 3 amide bonds. The molecule has 9 heteroatoms. The fourth-order valence-electron chi connectivity index (χ4n) is 2.84. The van der Waals surface area contributed by atoms with Crippen molar-refractivity contribution in [1.82, 2.24) is 16.0 Å². The molecule has 0 aliphatic rings. The topological polar surface area (TPSA) is 104 Å². The highest BCUT2D eigenvalue weighted by Gasteiger charge is 2.28. The minimum Gasteiger partial charge on any atom is -0.344 e. The second-order valence-corrected chi connectivity index (χ2v) is 12.4. The van der Waals surface area contributed by atoms with Crippen LogP contribution in [0.5, 0.6) is 0 Å². The summed E-state index contributed by atoms with van der Waals surface area (Å²) in [5.74, 6) is 0.0315. The molecule has 0 radical (unpaired) electrons. The molecule has 0 aliphatic carbocycles. The Morgan fingerprint density at radius 2 is 1.68 bits per heavy atom. The summed E-state index contributed by atoms with van der Waals surface area (Å²) in [4.78, 5) is 48.8. The molecule has 0 rings (SSSR count). The zero-order chi connectivity index (χ0) is 26.3. The first-order chi connectivity index (χ1) is 15.8. The Kier molecular flexibility index (Phi) is 16.0. The molecule has 0 aromatic rings. The van der Waals surface area contributed by atoms with E-state index in [0.29, 0.717) is 25.0 Å². The fraction of sp³-hybridized carbons (Fsp3) is 0.680. The minimum atomic E-state index is -0.763. The molecule has 0 aliphatic heterocycles. The first-order valence-electron chi connectivity index (χ1n) is 11.9. The highest BCUT2D eigenvalue weighted by Crippen LogP contribution is 2.39. The maximum Gasteiger partial charge on any atom is 0.246 e. The van der Waals surface area contributed by atoms with Gasteiger partial charge in [-0.2, -0.15) is 0 Å². The van der Waals surface area contributed by atoms with Crippen LogP contribution < -0.4 is 16.0 Å². The lowest BCUT2D eigenvalue weighted by Gasteiger charge is -2.26. The van der Waals surface area contributed by atoms with Gasteiger partial charge in [0, 0.05) is 29.0 Å². The van der Waals surface area contributed by atoms with Gasteiger partial charge in [-0.1, -0.05) is 55.0 Å². The number of ketones is 1. The summed E-state index contributed by atoms with van der Waals surface area (Å²) in [5, 5.41) is 8.26. The normalized spacial score (nSPS) is 13.7. The van der Waals surface area contributed by atoms with E-state index in [4.69, 9.17) is 0 Å². The van der Waals surface area contributed by atoms with Crippen molar-refractivity contribution in [1.29, 1.82) is 0 Å². The fourth-order valence-corrected chi connectivity index (χ4v) is 5.50. The predicted molar refractivity (Wildman–Crippen MR) is 144 cm³/mol. The molecule has 3 N–H and O–H groups in total. The predicted octanol–water partition coefficient (Wildman–Crippen LogP) is 4.54. The van der Waals surface area contributed by atoms with Crippen molar-refractivity contribution in [2.75, 3.05) is 5.75 Å². The van der Waals surface area contributed by atoms with Gasteiger partial charge in [-0.25, -0.2) is 0 Å². The second kappa shape index (κ2) is 16.8. The van der Waals surface area contributed by atoms with E-state index in [1.165, 1.54) is 0 Å². The Balaban J connectivity index is 4.71. The van der Waals surface area contributed by atoms with Crippen molar-refractivity contribution >= 4 is 45.1 Å². The maximum atomic E-state index is 12.8. The van der Waals surface area contributed by atoms with Crippen molar-refractivity contribution in [3.8, 4) is 0 Å². The van der Waals surface area contributed by atoms with E-state index in [9.17, 15) is 19.2 Å². The van der Waals surface area contributed by atoms with Crippen molar-refractivity contribution in [2.45, 2.75) is 97.4 Å². The molecule has 0 aromatic carbocycles. The lowest BCUT2D eigenvalue weighted by atomic mass is 10.0. The monoisotopic (exact) mass is 513 g/mol. The van der Waals surface area contributed by atoms with Crippen molar-refractivity contribution < 1.29 is 19.2 Å². The van der Waals surface area contributed by atoms with E-state index in [0.717, 1.165) is 18.6 Å². The van der Waals surface area contributed by atoms with Crippen LogP contribution in [0.1, 0.15) is 80.6 Å². The number of carbonyl (C=O) groups is 4. The van der Waals surface area contributed by atoms with E-state index < -0.39 is 12.1 Å².